The summed E-state index contributed by atoms with van der Waals surface area (Å²) in [6, 6.07) is 0.858. The van der Waals surface area contributed by atoms with E-state index in [1.807, 2.05) is 6.92 Å². The third kappa shape index (κ3) is 2.53. The largest absolute Gasteiger partial charge is 0.501 e. The van der Waals surface area contributed by atoms with Gasteiger partial charge in [-0.15, -0.1) is 0 Å². The van der Waals surface area contributed by atoms with E-state index in [-0.39, 0.29) is 0 Å². The Hall–Kier alpha value is 0.0569. The SMILES string of the molecule is CCO[Si]1(CCCN)OCCO1. The highest BCUT2D eigenvalue weighted by atomic mass is 28.4. The summed E-state index contributed by atoms with van der Waals surface area (Å²) in [4.78, 5) is 0. The van der Waals surface area contributed by atoms with Crippen molar-refractivity contribution in [1.29, 1.82) is 0 Å². The van der Waals surface area contributed by atoms with Crippen molar-refractivity contribution in [3.8, 4) is 0 Å². The summed E-state index contributed by atoms with van der Waals surface area (Å²) in [5.74, 6) is 0. The van der Waals surface area contributed by atoms with Crippen molar-refractivity contribution < 1.29 is 13.3 Å². The molecule has 1 aliphatic heterocycles. The van der Waals surface area contributed by atoms with Crippen LogP contribution >= 0.6 is 0 Å². The summed E-state index contributed by atoms with van der Waals surface area (Å²) in [5, 5.41) is 0. The molecular weight excluding hydrogens is 174 g/mol. The van der Waals surface area contributed by atoms with Gasteiger partial charge in [0.1, 0.15) is 0 Å². The van der Waals surface area contributed by atoms with Gasteiger partial charge >= 0.3 is 8.80 Å². The van der Waals surface area contributed by atoms with Crippen LogP contribution < -0.4 is 5.73 Å². The van der Waals surface area contributed by atoms with Crippen LogP contribution in [0.4, 0.5) is 0 Å². The molecule has 0 amide bonds. The molecule has 2 N–H and O–H groups in total. The fourth-order valence-electron chi connectivity index (χ4n) is 1.27. The first kappa shape index (κ1) is 10.1. The molecule has 0 aromatic carbocycles. The molecule has 5 heteroatoms. The Kier molecular flexibility index (Phi) is 4.17. The highest BCUT2D eigenvalue weighted by Crippen LogP contribution is 2.21. The van der Waals surface area contributed by atoms with Crippen molar-refractivity contribution >= 4 is 8.80 Å². The predicted octanol–water partition coefficient (Wildman–Crippen LogP) is 0.357. The summed E-state index contributed by atoms with van der Waals surface area (Å²) >= 11 is 0. The topological polar surface area (TPSA) is 53.7 Å². The van der Waals surface area contributed by atoms with Crippen LogP contribution in [0, 0.1) is 0 Å². The van der Waals surface area contributed by atoms with Crippen molar-refractivity contribution in [3.63, 3.8) is 0 Å². The molecule has 0 radical (unpaired) electrons. The quantitative estimate of drug-likeness (QED) is 0.637. The number of hydrogen-bond donors (Lipinski definition) is 1. The summed E-state index contributed by atoms with van der Waals surface area (Å²) in [6.45, 7) is 4.65. The molecule has 1 rings (SSSR count). The monoisotopic (exact) mass is 191 g/mol. The van der Waals surface area contributed by atoms with Gasteiger partial charge in [0, 0.05) is 12.7 Å². The molecule has 72 valence electrons. The van der Waals surface area contributed by atoms with Crippen LogP contribution in [0.25, 0.3) is 0 Å². The van der Waals surface area contributed by atoms with Crippen LogP contribution in [-0.2, 0) is 13.3 Å². The van der Waals surface area contributed by atoms with Crippen molar-refractivity contribution in [2.45, 2.75) is 19.4 Å². The van der Waals surface area contributed by atoms with Gasteiger partial charge in [0.05, 0.1) is 13.2 Å². The standard InChI is InChI=1S/C7H17NO3Si/c1-2-9-12(7-3-4-8)10-5-6-11-12/h2-8H2,1H3. The lowest BCUT2D eigenvalue weighted by Crippen LogP contribution is -2.41. The van der Waals surface area contributed by atoms with Crippen LogP contribution in [0.3, 0.4) is 0 Å². The van der Waals surface area contributed by atoms with Gasteiger partial charge in [-0.2, -0.15) is 0 Å². The van der Waals surface area contributed by atoms with E-state index >= 15 is 0 Å². The summed E-state index contributed by atoms with van der Waals surface area (Å²) < 4.78 is 16.6. The molecule has 1 saturated heterocycles. The molecular formula is C7H17NO3Si. The molecule has 1 fully saturated rings. The van der Waals surface area contributed by atoms with Gasteiger partial charge in [0.15, 0.2) is 0 Å². The van der Waals surface area contributed by atoms with E-state index in [9.17, 15) is 0 Å². The van der Waals surface area contributed by atoms with E-state index in [4.69, 9.17) is 19.0 Å². The Balaban J connectivity index is 2.35. The molecule has 0 aromatic heterocycles. The Morgan fingerprint density at radius 3 is 2.58 bits per heavy atom. The third-order valence-corrected chi connectivity index (χ3v) is 4.76. The lowest BCUT2D eigenvalue weighted by atomic mass is 10.5. The smallest absolute Gasteiger partial charge is 0.374 e. The minimum absolute atomic E-state index is 0.663. The molecule has 0 aromatic rings. The summed E-state index contributed by atoms with van der Waals surface area (Å²) in [5.41, 5.74) is 5.42. The molecule has 0 aliphatic carbocycles. The first-order chi connectivity index (χ1) is 5.83. The Morgan fingerprint density at radius 2 is 2.08 bits per heavy atom. The summed E-state index contributed by atoms with van der Waals surface area (Å²) in [7, 11) is -2.23. The van der Waals surface area contributed by atoms with E-state index in [0.717, 1.165) is 12.5 Å². The van der Waals surface area contributed by atoms with Crippen LogP contribution in [-0.4, -0.2) is 35.2 Å². The number of rotatable bonds is 5. The van der Waals surface area contributed by atoms with Crippen LogP contribution in [0.2, 0.25) is 6.04 Å². The van der Waals surface area contributed by atoms with Crippen molar-refractivity contribution in [3.05, 3.63) is 0 Å². The third-order valence-electron chi connectivity index (χ3n) is 1.78. The van der Waals surface area contributed by atoms with Crippen LogP contribution in [0.15, 0.2) is 0 Å². The maximum atomic E-state index is 5.53. The van der Waals surface area contributed by atoms with Crippen LogP contribution in [0.5, 0.6) is 0 Å². The predicted molar refractivity (Wildman–Crippen MR) is 47.8 cm³/mol. The average molecular weight is 191 g/mol. The van der Waals surface area contributed by atoms with Crippen molar-refractivity contribution in [2.75, 3.05) is 26.4 Å². The Bertz CT molecular complexity index is 128. The minimum Gasteiger partial charge on any atom is -0.374 e. The number of hydrogen-bond acceptors (Lipinski definition) is 4. The molecule has 0 atom stereocenters. The lowest BCUT2D eigenvalue weighted by Gasteiger charge is -2.21. The van der Waals surface area contributed by atoms with Crippen LogP contribution in [0.1, 0.15) is 13.3 Å². The zero-order valence-electron chi connectivity index (χ0n) is 7.54. The van der Waals surface area contributed by atoms with E-state index in [1.165, 1.54) is 0 Å². The van der Waals surface area contributed by atoms with E-state index in [0.29, 0.717) is 26.4 Å². The van der Waals surface area contributed by atoms with E-state index < -0.39 is 8.80 Å². The average Bonchev–Trinajstić information content (AvgIpc) is 2.51. The maximum absolute atomic E-state index is 5.53. The van der Waals surface area contributed by atoms with E-state index in [1.54, 1.807) is 0 Å². The van der Waals surface area contributed by atoms with E-state index in [2.05, 4.69) is 0 Å². The van der Waals surface area contributed by atoms with Gasteiger partial charge < -0.3 is 19.0 Å². The minimum atomic E-state index is -2.23. The van der Waals surface area contributed by atoms with Crippen molar-refractivity contribution in [1.82, 2.24) is 0 Å². The first-order valence-corrected chi connectivity index (χ1v) is 6.38. The Labute approximate surface area is 74.4 Å². The fraction of sp³-hybridized carbons (Fsp3) is 1.00. The molecule has 0 bridgehead atoms. The van der Waals surface area contributed by atoms with Crippen molar-refractivity contribution in [2.24, 2.45) is 5.73 Å². The van der Waals surface area contributed by atoms with Gasteiger partial charge in [0.25, 0.3) is 0 Å². The first-order valence-electron chi connectivity index (χ1n) is 4.45. The maximum Gasteiger partial charge on any atom is 0.501 e. The highest BCUT2D eigenvalue weighted by molar-refractivity contribution is 6.61. The summed E-state index contributed by atoms with van der Waals surface area (Å²) in [6.07, 6.45) is 0.923. The molecule has 1 heterocycles. The fourth-order valence-corrected chi connectivity index (χ4v) is 3.82. The lowest BCUT2D eigenvalue weighted by molar-refractivity contribution is 0.148. The highest BCUT2D eigenvalue weighted by Gasteiger charge is 2.43. The van der Waals surface area contributed by atoms with Gasteiger partial charge in [0.2, 0.25) is 0 Å². The second-order valence-corrected chi connectivity index (χ2v) is 5.44. The molecule has 0 saturated carbocycles. The molecule has 0 spiro atoms. The molecule has 12 heavy (non-hydrogen) atoms. The Morgan fingerprint density at radius 1 is 1.42 bits per heavy atom. The molecule has 4 nitrogen and oxygen atoms in total. The van der Waals surface area contributed by atoms with Gasteiger partial charge in [-0.05, 0) is 19.9 Å². The van der Waals surface area contributed by atoms with Gasteiger partial charge in [-0.1, -0.05) is 0 Å². The zero-order chi connectivity index (χ0) is 8.86. The second-order valence-electron chi connectivity index (χ2n) is 2.71. The zero-order valence-corrected chi connectivity index (χ0v) is 8.54. The molecule has 1 aliphatic rings. The normalized spacial score (nSPS) is 21.5. The van der Waals surface area contributed by atoms with Gasteiger partial charge in [-0.3, -0.25) is 0 Å². The molecule has 0 unspecified atom stereocenters. The second kappa shape index (κ2) is 4.93. The number of nitrogens with two attached hydrogens (primary N) is 1. The van der Waals surface area contributed by atoms with Gasteiger partial charge in [-0.25, -0.2) is 0 Å².